The molecule has 3 fully saturated rings. The summed E-state index contributed by atoms with van der Waals surface area (Å²) < 4.78 is 2.06. The standard InChI is InChI=1S/C19H25N3O/c1-19(2)17(14-7-10-22(19)11-8-14)20-18(23)15-5-4-13-6-9-21(3)16(13)12-15/h4-6,9,12,14,17H,7-8,10-11H2,1-3H3,(H,20,23)/t17-/m1/s1. The zero-order valence-electron chi connectivity index (χ0n) is 14.2. The summed E-state index contributed by atoms with van der Waals surface area (Å²) in [5.41, 5.74) is 1.91. The van der Waals surface area contributed by atoms with Crippen molar-refractivity contribution >= 4 is 16.8 Å². The van der Waals surface area contributed by atoms with Gasteiger partial charge in [0.2, 0.25) is 0 Å². The van der Waals surface area contributed by atoms with Crippen LogP contribution in [-0.2, 0) is 7.05 Å². The van der Waals surface area contributed by atoms with Gasteiger partial charge in [0.15, 0.2) is 0 Å². The van der Waals surface area contributed by atoms with E-state index in [0.29, 0.717) is 5.92 Å². The summed E-state index contributed by atoms with van der Waals surface area (Å²) in [6.45, 7) is 6.87. The fraction of sp³-hybridized carbons (Fsp3) is 0.526. The molecular formula is C19H25N3O. The molecule has 0 saturated carbocycles. The number of amides is 1. The van der Waals surface area contributed by atoms with E-state index in [1.165, 1.54) is 31.3 Å². The zero-order chi connectivity index (χ0) is 16.2. The largest absolute Gasteiger partial charge is 0.351 e. The molecule has 0 aliphatic carbocycles. The lowest BCUT2D eigenvalue weighted by Gasteiger charge is -2.56. The van der Waals surface area contributed by atoms with E-state index in [2.05, 4.69) is 34.7 Å². The first-order valence-corrected chi connectivity index (χ1v) is 8.58. The number of nitrogens with one attached hydrogen (secondary N) is 1. The fourth-order valence-corrected chi connectivity index (χ4v) is 4.51. The van der Waals surface area contributed by atoms with Crippen LogP contribution in [0.25, 0.3) is 10.9 Å². The summed E-state index contributed by atoms with van der Waals surface area (Å²) in [5, 5.41) is 4.52. The predicted octanol–water partition coefficient (Wildman–Crippen LogP) is 2.78. The molecule has 4 heteroatoms. The molecule has 23 heavy (non-hydrogen) atoms. The molecule has 2 bridgehead atoms. The third kappa shape index (κ3) is 2.27. The van der Waals surface area contributed by atoms with Crippen LogP contribution in [-0.4, -0.2) is 40.0 Å². The number of aryl methyl sites for hydroxylation is 1. The van der Waals surface area contributed by atoms with Crippen molar-refractivity contribution in [2.45, 2.75) is 38.3 Å². The van der Waals surface area contributed by atoms with Gasteiger partial charge in [0.25, 0.3) is 5.91 Å². The second kappa shape index (κ2) is 5.10. The smallest absolute Gasteiger partial charge is 0.251 e. The second-order valence-corrected chi connectivity index (χ2v) is 7.63. The van der Waals surface area contributed by atoms with E-state index in [1.807, 2.05) is 31.4 Å². The molecule has 1 aromatic carbocycles. The molecular weight excluding hydrogens is 286 g/mol. The van der Waals surface area contributed by atoms with Crippen LogP contribution >= 0.6 is 0 Å². The van der Waals surface area contributed by atoms with Crippen molar-refractivity contribution in [3.05, 3.63) is 36.0 Å². The SMILES string of the molecule is Cn1ccc2ccc(C(=O)N[C@@H]3C4CCN(CC4)C3(C)C)cc21. The van der Waals surface area contributed by atoms with Gasteiger partial charge < -0.3 is 9.88 Å². The number of nitrogens with zero attached hydrogens (tertiary/aromatic N) is 2. The molecule has 4 nitrogen and oxygen atoms in total. The Kier molecular flexibility index (Phi) is 3.27. The highest BCUT2D eigenvalue weighted by molar-refractivity contribution is 5.98. The first-order valence-electron chi connectivity index (χ1n) is 8.58. The summed E-state index contributed by atoms with van der Waals surface area (Å²) in [5.74, 6) is 0.664. The molecule has 1 atom stereocenters. The van der Waals surface area contributed by atoms with Gasteiger partial charge in [-0.2, -0.15) is 0 Å². The Morgan fingerprint density at radius 3 is 2.65 bits per heavy atom. The lowest BCUT2D eigenvalue weighted by molar-refractivity contribution is -0.0378. The molecule has 122 valence electrons. The van der Waals surface area contributed by atoms with Crippen molar-refractivity contribution in [3.8, 4) is 0 Å². The third-order valence-electron chi connectivity index (χ3n) is 6.02. The molecule has 3 saturated heterocycles. The first kappa shape index (κ1) is 14.8. The highest BCUT2D eigenvalue weighted by Crippen LogP contribution is 2.39. The minimum Gasteiger partial charge on any atom is -0.351 e. The number of rotatable bonds is 2. The first-order chi connectivity index (χ1) is 11.0. The van der Waals surface area contributed by atoms with Crippen molar-refractivity contribution < 1.29 is 4.79 Å². The number of piperidine rings is 3. The Bertz CT molecular complexity index is 753. The van der Waals surface area contributed by atoms with Crippen LogP contribution in [0.5, 0.6) is 0 Å². The van der Waals surface area contributed by atoms with Gasteiger partial charge >= 0.3 is 0 Å². The highest BCUT2D eigenvalue weighted by atomic mass is 16.1. The lowest BCUT2D eigenvalue weighted by Crippen LogP contribution is -2.69. The summed E-state index contributed by atoms with van der Waals surface area (Å²) in [6, 6.07) is 8.28. The Hall–Kier alpha value is -1.81. The van der Waals surface area contributed by atoms with Crippen molar-refractivity contribution in [3.63, 3.8) is 0 Å². The molecule has 1 N–H and O–H groups in total. The monoisotopic (exact) mass is 311 g/mol. The Morgan fingerprint density at radius 1 is 1.22 bits per heavy atom. The van der Waals surface area contributed by atoms with E-state index in [1.54, 1.807) is 0 Å². The van der Waals surface area contributed by atoms with Gasteiger partial charge in [-0.15, -0.1) is 0 Å². The minimum atomic E-state index is 0.0475. The van der Waals surface area contributed by atoms with E-state index in [9.17, 15) is 4.79 Å². The molecule has 1 aromatic heterocycles. The third-order valence-corrected chi connectivity index (χ3v) is 6.02. The normalized spacial score (nSPS) is 28.9. The highest BCUT2D eigenvalue weighted by Gasteiger charge is 2.48. The van der Waals surface area contributed by atoms with E-state index >= 15 is 0 Å². The zero-order valence-corrected chi connectivity index (χ0v) is 14.2. The van der Waals surface area contributed by atoms with E-state index in [-0.39, 0.29) is 17.5 Å². The van der Waals surface area contributed by atoms with Crippen LogP contribution in [0.2, 0.25) is 0 Å². The Labute approximate surface area is 137 Å². The van der Waals surface area contributed by atoms with Crippen LogP contribution in [0.15, 0.2) is 30.5 Å². The van der Waals surface area contributed by atoms with Gasteiger partial charge in [0, 0.05) is 35.9 Å². The molecule has 1 amide bonds. The Balaban J connectivity index is 1.60. The van der Waals surface area contributed by atoms with Crippen LogP contribution in [0, 0.1) is 5.92 Å². The van der Waals surface area contributed by atoms with E-state index in [0.717, 1.165) is 11.1 Å². The average Bonchev–Trinajstić information content (AvgIpc) is 2.92. The number of benzene rings is 1. The van der Waals surface area contributed by atoms with Gasteiger partial charge in [-0.05, 0) is 69.3 Å². The van der Waals surface area contributed by atoms with Crippen LogP contribution < -0.4 is 5.32 Å². The molecule has 5 rings (SSSR count). The predicted molar refractivity (Wildman–Crippen MR) is 92.5 cm³/mol. The van der Waals surface area contributed by atoms with Crippen molar-refractivity contribution in [1.82, 2.24) is 14.8 Å². The maximum atomic E-state index is 12.8. The Morgan fingerprint density at radius 2 is 1.96 bits per heavy atom. The van der Waals surface area contributed by atoms with Crippen LogP contribution in [0.4, 0.5) is 0 Å². The van der Waals surface area contributed by atoms with Crippen molar-refractivity contribution in [1.29, 1.82) is 0 Å². The van der Waals surface area contributed by atoms with Gasteiger partial charge in [-0.25, -0.2) is 0 Å². The molecule has 0 spiro atoms. The van der Waals surface area contributed by atoms with E-state index in [4.69, 9.17) is 0 Å². The molecule has 3 aliphatic rings. The lowest BCUT2D eigenvalue weighted by atomic mass is 9.72. The molecule has 3 aliphatic heterocycles. The van der Waals surface area contributed by atoms with Crippen LogP contribution in [0.3, 0.4) is 0 Å². The maximum Gasteiger partial charge on any atom is 0.251 e. The summed E-state index contributed by atoms with van der Waals surface area (Å²) in [7, 11) is 2.01. The van der Waals surface area contributed by atoms with Gasteiger partial charge in [0.1, 0.15) is 0 Å². The quantitative estimate of drug-likeness (QED) is 0.926. The summed E-state index contributed by atoms with van der Waals surface area (Å²) in [6.07, 6.45) is 4.43. The van der Waals surface area contributed by atoms with E-state index < -0.39 is 0 Å². The van der Waals surface area contributed by atoms with Crippen LogP contribution in [0.1, 0.15) is 37.0 Å². The number of hydrogen-bond donors (Lipinski definition) is 1. The number of carbonyl (C=O) groups excluding carboxylic acids is 1. The number of fused-ring (bicyclic) bond motifs is 4. The number of aromatic nitrogens is 1. The van der Waals surface area contributed by atoms with Gasteiger partial charge in [-0.3, -0.25) is 9.69 Å². The van der Waals surface area contributed by atoms with Gasteiger partial charge in [-0.1, -0.05) is 6.07 Å². The molecule has 0 unspecified atom stereocenters. The van der Waals surface area contributed by atoms with Crippen molar-refractivity contribution in [2.75, 3.05) is 13.1 Å². The van der Waals surface area contributed by atoms with Gasteiger partial charge in [0.05, 0.1) is 0 Å². The maximum absolute atomic E-state index is 12.8. The topological polar surface area (TPSA) is 37.3 Å². The number of carbonyl (C=O) groups is 1. The summed E-state index contributed by atoms with van der Waals surface area (Å²) in [4.78, 5) is 15.3. The minimum absolute atomic E-state index is 0.0475. The second-order valence-electron chi connectivity index (χ2n) is 7.63. The number of hydrogen-bond acceptors (Lipinski definition) is 2. The fourth-order valence-electron chi connectivity index (χ4n) is 4.51. The average molecular weight is 311 g/mol. The van der Waals surface area contributed by atoms with Crippen molar-refractivity contribution in [2.24, 2.45) is 13.0 Å². The molecule has 0 radical (unpaired) electrons. The molecule has 2 aromatic rings. The molecule has 4 heterocycles. The summed E-state index contributed by atoms with van der Waals surface area (Å²) >= 11 is 0.